The molecule has 3 rings (SSSR count). The maximum Gasteiger partial charge on any atom is 0.375 e. The van der Waals surface area contributed by atoms with Crippen molar-refractivity contribution in [3.63, 3.8) is 0 Å². The van der Waals surface area contributed by atoms with Crippen molar-refractivity contribution in [3.05, 3.63) is 34.5 Å². The number of nitrogens with one attached hydrogen (secondary N) is 1. The Morgan fingerprint density at radius 1 is 1.42 bits per heavy atom. The summed E-state index contributed by atoms with van der Waals surface area (Å²) in [6, 6.07) is 5.09. The number of furan rings is 1. The van der Waals surface area contributed by atoms with Crippen molar-refractivity contribution < 1.29 is 23.5 Å². The number of hydrogen-bond donors (Lipinski definition) is 1. The van der Waals surface area contributed by atoms with Crippen LogP contribution in [0, 0.1) is 6.92 Å². The zero-order chi connectivity index (χ0) is 17.1. The second kappa shape index (κ2) is 7.23. The van der Waals surface area contributed by atoms with Crippen LogP contribution >= 0.6 is 11.6 Å². The van der Waals surface area contributed by atoms with E-state index in [-0.39, 0.29) is 24.4 Å². The molecule has 1 N–H and O–H groups in total. The molecule has 1 aliphatic heterocycles. The van der Waals surface area contributed by atoms with Crippen molar-refractivity contribution in [1.29, 1.82) is 0 Å². The zero-order valence-corrected chi connectivity index (χ0v) is 14.0. The highest BCUT2D eigenvalue weighted by atomic mass is 35.5. The minimum Gasteiger partial charge on any atom is -0.450 e. The van der Waals surface area contributed by atoms with Gasteiger partial charge >= 0.3 is 5.97 Å². The predicted molar refractivity (Wildman–Crippen MR) is 88.2 cm³/mol. The van der Waals surface area contributed by atoms with Crippen molar-refractivity contribution in [2.45, 2.75) is 25.9 Å². The molecule has 1 amide bonds. The van der Waals surface area contributed by atoms with Crippen molar-refractivity contribution in [2.24, 2.45) is 0 Å². The molecule has 0 radical (unpaired) electrons. The van der Waals surface area contributed by atoms with Gasteiger partial charge in [-0.25, -0.2) is 4.79 Å². The molecule has 2 aromatic rings. The van der Waals surface area contributed by atoms with Gasteiger partial charge in [-0.2, -0.15) is 0 Å². The zero-order valence-electron chi connectivity index (χ0n) is 13.3. The van der Waals surface area contributed by atoms with Gasteiger partial charge in [0.05, 0.1) is 6.10 Å². The lowest BCUT2D eigenvalue weighted by Crippen LogP contribution is -2.34. The van der Waals surface area contributed by atoms with Crippen LogP contribution in [0.25, 0.3) is 11.0 Å². The number of aryl methyl sites for hydroxylation is 1. The number of amides is 1. The second-order valence-electron chi connectivity index (χ2n) is 5.71. The average Bonchev–Trinajstić information content (AvgIpc) is 3.19. The van der Waals surface area contributed by atoms with Gasteiger partial charge in [-0.1, -0.05) is 11.6 Å². The fraction of sp³-hybridized carbons (Fsp3) is 0.412. The molecule has 2 heterocycles. The molecule has 6 nitrogen and oxygen atoms in total. The number of hydrogen-bond acceptors (Lipinski definition) is 5. The number of ether oxygens (including phenoxy) is 2. The summed E-state index contributed by atoms with van der Waals surface area (Å²) in [6.45, 7) is 2.54. The summed E-state index contributed by atoms with van der Waals surface area (Å²) >= 11 is 5.95. The van der Waals surface area contributed by atoms with Gasteiger partial charge in [0.25, 0.3) is 5.91 Å². The smallest absolute Gasteiger partial charge is 0.375 e. The number of carbonyl (C=O) groups is 2. The number of halogens is 1. The summed E-state index contributed by atoms with van der Waals surface area (Å²) in [5, 5.41) is 3.99. The van der Waals surface area contributed by atoms with E-state index in [4.69, 9.17) is 25.5 Å². The molecule has 0 spiro atoms. The van der Waals surface area contributed by atoms with E-state index in [1.165, 1.54) is 0 Å². The summed E-state index contributed by atoms with van der Waals surface area (Å²) in [5.74, 6) is -0.957. The third-order valence-electron chi connectivity index (χ3n) is 3.97. The molecule has 1 aromatic heterocycles. The van der Waals surface area contributed by atoms with Gasteiger partial charge in [0.2, 0.25) is 5.76 Å². The van der Waals surface area contributed by atoms with Crippen LogP contribution in [-0.2, 0) is 14.3 Å². The van der Waals surface area contributed by atoms with E-state index in [2.05, 4.69) is 5.32 Å². The van der Waals surface area contributed by atoms with E-state index in [0.29, 0.717) is 22.7 Å². The van der Waals surface area contributed by atoms with E-state index in [0.717, 1.165) is 24.8 Å². The first kappa shape index (κ1) is 16.8. The highest BCUT2D eigenvalue weighted by Crippen LogP contribution is 2.28. The van der Waals surface area contributed by atoms with Gasteiger partial charge in [0, 0.05) is 29.1 Å². The standard InChI is InChI=1S/C17H18ClNO5/c1-10-13-7-11(18)4-5-14(13)24-16(10)17(21)23-9-15(20)19-8-12-3-2-6-22-12/h4-5,7,12H,2-3,6,8-9H2,1H3,(H,19,20)/t12-/m0/s1. The van der Waals surface area contributed by atoms with Gasteiger partial charge in [0.15, 0.2) is 6.61 Å². The van der Waals surface area contributed by atoms with Gasteiger partial charge in [-0.05, 0) is 38.0 Å². The molecule has 0 bridgehead atoms. The predicted octanol–water partition coefficient (Wildman–Crippen LogP) is 2.85. The molecule has 1 aliphatic rings. The Bertz CT molecular complexity index is 764. The first-order valence-electron chi connectivity index (χ1n) is 7.78. The first-order valence-corrected chi connectivity index (χ1v) is 8.16. The molecule has 0 aliphatic carbocycles. The Labute approximate surface area is 144 Å². The minimum absolute atomic E-state index is 0.0482. The largest absolute Gasteiger partial charge is 0.450 e. The summed E-state index contributed by atoms with van der Waals surface area (Å²) in [4.78, 5) is 23.9. The third kappa shape index (κ3) is 3.71. The number of carbonyl (C=O) groups excluding carboxylic acids is 2. The maximum absolute atomic E-state index is 12.1. The fourth-order valence-electron chi connectivity index (χ4n) is 2.67. The second-order valence-corrected chi connectivity index (χ2v) is 6.15. The normalized spacial score (nSPS) is 17.2. The lowest BCUT2D eigenvalue weighted by Gasteiger charge is -2.10. The molecule has 1 saturated heterocycles. The van der Waals surface area contributed by atoms with Crippen molar-refractivity contribution in [2.75, 3.05) is 19.8 Å². The SMILES string of the molecule is Cc1c(C(=O)OCC(=O)NC[C@@H]2CCCO2)oc2ccc(Cl)cc12. The molecule has 0 unspecified atom stereocenters. The van der Waals surface area contributed by atoms with Crippen LogP contribution in [0.5, 0.6) is 0 Å². The van der Waals surface area contributed by atoms with Gasteiger partial charge in [-0.3, -0.25) is 4.79 Å². The highest BCUT2D eigenvalue weighted by Gasteiger charge is 2.21. The summed E-state index contributed by atoms with van der Waals surface area (Å²) in [5.41, 5.74) is 1.18. The Hall–Kier alpha value is -2.05. The van der Waals surface area contributed by atoms with Crippen molar-refractivity contribution in [3.8, 4) is 0 Å². The summed E-state index contributed by atoms with van der Waals surface area (Å²) in [6.07, 6.45) is 1.98. The number of fused-ring (bicyclic) bond motifs is 1. The molecular formula is C17H18ClNO5. The molecular weight excluding hydrogens is 334 g/mol. The topological polar surface area (TPSA) is 77.8 Å². The number of rotatable bonds is 5. The number of benzene rings is 1. The molecule has 128 valence electrons. The van der Waals surface area contributed by atoms with Crippen LogP contribution in [0.15, 0.2) is 22.6 Å². The van der Waals surface area contributed by atoms with Gasteiger partial charge in [-0.15, -0.1) is 0 Å². The van der Waals surface area contributed by atoms with Crippen LogP contribution in [0.3, 0.4) is 0 Å². The minimum atomic E-state index is -0.674. The third-order valence-corrected chi connectivity index (χ3v) is 4.20. The van der Waals surface area contributed by atoms with Crippen LogP contribution in [0.4, 0.5) is 0 Å². The molecule has 7 heteroatoms. The van der Waals surface area contributed by atoms with E-state index in [1.807, 2.05) is 0 Å². The molecule has 1 aromatic carbocycles. The Morgan fingerprint density at radius 3 is 3.00 bits per heavy atom. The van der Waals surface area contributed by atoms with Crippen LogP contribution in [0.1, 0.15) is 29.0 Å². The molecule has 1 fully saturated rings. The molecule has 24 heavy (non-hydrogen) atoms. The lowest BCUT2D eigenvalue weighted by molar-refractivity contribution is -0.124. The highest BCUT2D eigenvalue weighted by molar-refractivity contribution is 6.31. The summed E-state index contributed by atoms with van der Waals surface area (Å²) in [7, 11) is 0. The van der Waals surface area contributed by atoms with Crippen molar-refractivity contribution in [1.82, 2.24) is 5.32 Å². The molecule has 0 saturated carbocycles. The van der Waals surface area contributed by atoms with Crippen LogP contribution in [0.2, 0.25) is 5.02 Å². The van der Waals surface area contributed by atoms with E-state index in [9.17, 15) is 9.59 Å². The Balaban J connectivity index is 1.56. The van der Waals surface area contributed by atoms with Gasteiger partial charge in [0.1, 0.15) is 5.58 Å². The van der Waals surface area contributed by atoms with E-state index in [1.54, 1.807) is 25.1 Å². The average molecular weight is 352 g/mol. The van der Waals surface area contributed by atoms with Crippen LogP contribution in [-0.4, -0.2) is 37.7 Å². The first-order chi connectivity index (χ1) is 11.5. The quantitative estimate of drug-likeness (QED) is 0.838. The number of esters is 1. The Kier molecular flexibility index (Phi) is 5.06. The van der Waals surface area contributed by atoms with E-state index < -0.39 is 5.97 Å². The van der Waals surface area contributed by atoms with Crippen molar-refractivity contribution >= 4 is 34.4 Å². The van der Waals surface area contributed by atoms with E-state index >= 15 is 0 Å². The van der Waals surface area contributed by atoms with Gasteiger partial charge < -0.3 is 19.2 Å². The fourth-order valence-corrected chi connectivity index (χ4v) is 2.84. The molecule has 1 atom stereocenters. The summed E-state index contributed by atoms with van der Waals surface area (Å²) < 4.78 is 15.9. The Morgan fingerprint density at radius 2 is 2.25 bits per heavy atom. The monoisotopic (exact) mass is 351 g/mol. The maximum atomic E-state index is 12.1. The lowest BCUT2D eigenvalue weighted by atomic mass is 10.1. The van der Waals surface area contributed by atoms with Crippen LogP contribution < -0.4 is 5.32 Å².